The summed E-state index contributed by atoms with van der Waals surface area (Å²) in [6.07, 6.45) is 5.34. The average Bonchev–Trinajstić information content (AvgIpc) is 2.62. The molecule has 0 radical (unpaired) electrons. The Hall–Kier alpha value is -2.20. The minimum atomic E-state index is 0.0833. The Morgan fingerprint density at radius 2 is 1.96 bits per heavy atom. The van der Waals surface area contributed by atoms with Crippen molar-refractivity contribution in [3.8, 4) is 0 Å². The first kappa shape index (κ1) is 15.7. The van der Waals surface area contributed by atoms with E-state index in [9.17, 15) is 4.79 Å². The molecule has 1 aliphatic rings. The molecule has 1 amide bonds. The van der Waals surface area contributed by atoms with E-state index in [1.165, 1.54) is 5.56 Å². The standard InChI is InChI=1S/C19H22N2O2/c1-23-18-9-12-21(19(22)16-7-10-20-11-8-16)14-17(18)13-15-5-3-2-4-6-15/h2-8,10-11,17-18H,9,12-14H2,1H3/t17-,18+/m0/s1. The van der Waals surface area contributed by atoms with Crippen LogP contribution >= 0.6 is 0 Å². The second-order valence-electron chi connectivity index (χ2n) is 6.00. The van der Waals surface area contributed by atoms with E-state index < -0.39 is 0 Å². The van der Waals surface area contributed by atoms with E-state index in [-0.39, 0.29) is 12.0 Å². The molecule has 0 unspecified atom stereocenters. The van der Waals surface area contributed by atoms with Crippen LogP contribution in [0.5, 0.6) is 0 Å². The summed E-state index contributed by atoms with van der Waals surface area (Å²) in [5, 5.41) is 0. The molecule has 2 atom stereocenters. The van der Waals surface area contributed by atoms with Gasteiger partial charge in [-0.05, 0) is 30.5 Å². The topological polar surface area (TPSA) is 42.4 Å². The molecular weight excluding hydrogens is 288 g/mol. The van der Waals surface area contributed by atoms with E-state index in [1.54, 1.807) is 31.6 Å². The normalized spacial score (nSPS) is 21.2. The number of hydrogen-bond donors (Lipinski definition) is 0. The van der Waals surface area contributed by atoms with Crippen molar-refractivity contribution in [2.24, 2.45) is 5.92 Å². The fourth-order valence-electron chi connectivity index (χ4n) is 3.30. The maximum absolute atomic E-state index is 12.7. The van der Waals surface area contributed by atoms with Crippen LogP contribution in [0.4, 0.5) is 0 Å². The molecule has 120 valence electrons. The van der Waals surface area contributed by atoms with Crippen LogP contribution in [0, 0.1) is 5.92 Å². The second-order valence-corrected chi connectivity index (χ2v) is 6.00. The van der Waals surface area contributed by atoms with Crippen molar-refractivity contribution in [1.82, 2.24) is 9.88 Å². The minimum Gasteiger partial charge on any atom is -0.381 e. The first-order valence-electron chi connectivity index (χ1n) is 8.04. The molecule has 2 heterocycles. The lowest BCUT2D eigenvalue weighted by Crippen LogP contribution is -2.47. The van der Waals surface area contributed by atoms with Crippen molar-refractivity contribution in [3.63, 3.8) is 0 Å². The van der Waals surface area contributed by atoms with Gasteiger partial charge in [0.25, 0.3) is 5.91 Å². The Labute approximate surface area is 137 Å². The van der Waals surface area contributed by atoms with Gasteiger partial charge < -0.3 is 9.64 Å². The summed E-state index contributed by atoms with van der Waals surface area (Å²) in [5.74, 6) is 0.405. The van der Waals surface area contributed by atoms with Crippen molar-refractivity contribution in [2.45, 2.75) is 18.9 Å². The molecule has 0 aliphatic carbocycles. The summed E-state index contributed by atoms with van der Waals surface area (Å²) in [6, 6.07) is 14.0. The third-order valence-corrected chi connectivity index (χ3v) is 4.52. The van der Waals surface area contributed by atoms with Gasteiger partial charge in [0.2, 0.25) is 0 Å². The van der Waals surface area contributed by atoms with Gasteiger partial charge in [-0.2, -0.15) is 0 Å². The molecule has 0 N–H and O–H groups in total. The first-order chi connectivity index (χ1) is 11.3. The summed E-state index contributed by atoms with van der Waals surface area (Å²) in [6.45, 7) is 1.47. The van der Waals surface area contributed by atoms with E-state index in [4.69, 9.17) is 4.74 Å². The number of piperidine rings is 1. The van der Waals surface area contributed by atoms with Gasteiger partial charge in [-0.15, -0.1) is 0 Å². The Morgan fingerprint density at radius 1 is 1.22 bits per heavy atom. The summed E-state index contributed by atoms with van der Waals surface area (Å²) < 4.78 is 5.66. The molecule has 3 rings (SSSR count). The third kappa shape index (κ3) is 3.77. The van der Waals surface area contributed by atoms with Crippen LogP contribution < -0.4 is 0 Å². The van der Waals surface area contributed by atoms with Gasteiger partial charge in [0.15, 0.2) is 0 Å². The van der Waals surface area contributed by atoms with E-state index in [2.05, 4.69) is 29.2 Å². The van der Waals surface area contributed by atoms with Crippen LogP contribution in [-0.2, 0) is 11.2 Å². The number of methoxy groups -OCH3 is 1. The molecule has 23 heavy (non-hydrogen) atoms. The van der Waals surface area contributed by atoms with Crippen LogP contribution in [0.25, 0.3) is 0 Å². The van der Waals surface area contributed by atoms with Crippen LogP contribution in [0.1, 0.15) is 22.3 Å². The molecule has 1 aromatic heterocycles. The molecule has 0 spiro atoms. The minimum absolute atomic E-state index is 0.0833. The van der Waals surface area contributed by atoms with Gasteiger partial charge in [0, 0.05) is 44.1 Å². The highest BCUT2D eigenvalue weighted by molar-refractivity contribution is 5.94. The van der Waals surface area contributed by atoms with E-state index in [0.717, 1.165) is 25.9 Å². The fourth-order valence-corrected chi connectivity index (χ4v) is 3.30. The zero-order chi connectivity index (χ0) is 16.1. The van der Waals surface area contributed by atoms with E-state index >= 15 is 0 Å². The summed E-state index contributed by atoms with van der Waals surface area (Å²) in [5.41, 5.74) is 1.99. The number of carbonyl (C=O) groups excluding carboxylic acids is 1. The zero-order valence-corrected chi connectivity index (χ0v) is 13.4. The fraction of sp³-hybridized carbons (Fsp3) is 0.368. The SMILES string of the molecule is CO[C@@H]1CCN(C(=O)c2ccncc2)C[C@@H]1Cc1ccccc1. The van der Waals surface area contributed by atoms with Gasteiger partial charge in [-0.25, -0.2) is 0 Å². The predicted octanol–water partition coefficient (Wildman–Crippen LogP) is 2.80. The van der Waals surface area contributed by atoms with Crippen LogP contribution in [0.2, 0.25) is 0 Å². The van der Waals surface area contributed by atoms with Crippen molar-refractivity contribution in [1.29, 1.82) is 0 Å². The second kappa shape index (κ2) is 7.38. The predicted molar refractivity (Wildman–Crippen MR) is 89.2 cm³/mol. The van der Waals surface area contributed by atoms with Gasteiger partial charge in [0.05, 0.1) is 6.10 Å². The molecular formula is C19H22N2O2. The largest absolute Gasteiger partial charge is 0.381 e. The number of rotatable bonds is 4. The highest BCUT2D eigenvalue weighted by Crippen LogP contribution is 2.24. The van der Waals surface area contributed by atoms with Gasteiger partial charge in [-0.1, -0.05) is 30.3 Å². The number of ether oxygens (including phenoxy) is 1. The Balaban J connectivity index is 1.72. The molecule has 1 fully saturated rings. The molecule has 0 bridgehead atoms. The van der Waals surface area contributed by atoms with Gasteiger partial charge >= 0.3 is 0 Å². The number of likely N-dealkylation sites (tertiary alicyclic amines) is 1. The number of amides is 1. The Morgan fingerprint density at radius 3 is 2.65 bits per heavy atom. The van der Waals surface area contributed by atoms with E-state index in [0.29, 0.717) is 11.5 Å². The summed E-state index contributed by atoms with van der Waals surface area (Å²) >= 11 is 0. The first-order valence-corrected chi connectivity index (χ1v) is 8.04. The van der Waals surface area contributed by atoms with Crippen LogP contribution in [0.15, 0.2) is 54.9 Å². The zero-order valence-electron chi connectivity index (χ0n) is 13.4. The molecule has 2 aromatic rings. The lowest BCUT2D eigenvalue weighted by atomic mass is 9.88. The maximum Gasteiger partial charge on any atom is 0.253 e. The monoisotopic (exact) mass is 310 g/mol. The number of pyridine rings is 1. The van der Waals surface area contributed by atoms with Crippen LogP contribution in [0.3, 0.4) is 0 Å². The van der Waals surface area contributed by atoms with E-state index in [1.807, 2.05) is 11.0 Å². The Kier molecular flexibility index (Phi) is 5.03. The summed E-state index contributed by atoms with van der Waals surface area (Å²) in [7, 11) is 1.77. The van der Waals surface area contributed by atoms with Crippen molar-refractivity contribution >= 4 is 5.91 Å². The molecule has 0 saturated carbocycles. The number of nitrogens with zero attached hydrogens (tertiary/aromatic N) is 2. The van der Waals surface area contributed by atoms with Gasteiger partial charge in [-0.3, -0.25) is 9.78 Å². The lowest BCUT2D eigenvalue weighted by Gasteiger charge is -2.38. The van der Waals surface area contributed by atoms with Crippen molar-refractivity contribution in [3.05, 3.63) is 66.0 Å². The molecule has 1 aliphatic heterocycles. The number of benzene rings is 1. The Bertz CT molecular complexity index is 630. The maximum atomic E-state index is 12.7. The number of aromatic nitrogens is 1. The van der Waals surface area contributed by atoms with Crippen molar-refractivity contribution in [2.75, 3.05) is 20.2 Å². The summed E-state index contributed by atoms with van der Waals surface area (Å²) in [4.78, 5) is 18.6. The quantitative estimate of drug-likeness (QED) is 0.872. The molecule has 1 aromatic carbocycles. The van der Waals surface area contributed by atoms with Crippen molar-refractivity contribution < 1.29 is 9.53 Å². The van der Waals surface area contributed by atoms with Crippen LogP contribution in [-0.4, -0.2) is 42.1 Å². The third-order valence-electron chi connectivity index (χ3n) is 4.52. The lowest BCUT2D eigenvalue weighted by molar-refractivity contribution is -0.00299. The molecule has 4 heteroatoms. The average molecular weight is 310 g/mol. The smallest absolute Gasteiger partial charge is 0.253 e. The molecule has 1 saturated heterocycles. The highest BCUT2D eigenvalue weighted by atomic mass is 16.5. The highest BCUT2D eigenvalue weighted by Gasteiger charge is 2.31. The molecule has 4 nitrogen and oxygen atoms in total. The van der Waals surface area contributed by atoms with Gasteiger partial charge in [0.1, 0.15) is 0 Å². The number of carbonyl (C=O) groups is 1. The number of hydrogen-bond acceptors (Lipinski definition) is 3.